The average Bonchev–Trinajstić information content (AvgIpc) is 3.04. The number of anilines is 1. The molecule has 1 N–H and O–H groups in total. The summed E-state index contributed by atoms with van der Waals surface area (Å²) in [6.45, 7) is 7.53. The third-order valence-electron chi connectivity index (χ3n) is 4.18. The van der Waals surface area contributed by atoms with Gasteiger partial charge in [0.1, 0.15) is 0 Å². The molecule has 2 heterocycles. The van der Waals surface area contributed by atoms with Crippen molar-refractivity contribution in [2.24, 2.45) is 0 Å². The Hall–Kier alpha value is -1.16. The van der Waals surface area contributed by atoms with Crippen LogP contribution in [0.4, 0.5) is 5.95 Å². The molecule has 1 aliphatic carbocycles. The van der Waals surface area contributed by atoms with Gasteiger partial charge < -0.3 is 10.2 Å². The summed E-state index contributed by atoms with van der Waals surface area (Å²) in [5.41, 5.74) is 3.65. The minimum atomic E-state index is 0.783. The second-order valence-corrected chi connectivity index (χ2v) is 5.85. The summed E-state index contributed by atoms with van der Waals surface area (Å²) in [6, 6.07) is 0.783. The summed E-state index contributed by atoms with van der Waals surface area (Å²) in [4.78, 5) is 11.7. The monoisotopic (exact) mass is 260 g/mol. The first-order chi connectivity index (χ1) is 9.24. The molecule has 1 saturated carbocycles. The molecule has 3 rings (SSSR count). The SMILES string of the molecule is Cc1nc(N2CCCC2)nc(C)c1CCNC1CC1. The summed E-state index contributed by atoms with van der Waals surface area (Å²) in [6.07, 6.45) is 6.29. The highest BCUT2D eigenvalue weighted by atomic mass is 15.3. The summed E-state index contributed by atoms with van der Waals surface area (Å²) in [5.74, 6) is 0.936. The second kappa shape index (κ2) is 5.45. The molecular formula is C15H24N4. The van der Waals surface area contributed by atoms with E-state index >= 15 is 0 Å². The molecule has 2 fully saturated rings. The predicted molar refractivity (Wildman–Crippen MR) is 77.7 cm³/mol. The van der Waals surface area contributed by atoms with Crippen LogP contribution in [0.15, 0.2) is 0 Å². The number of hydrogen-bond acceptors (Lipinski definition) is 4. The number of nitrogens with one attached hydrogen (secondary N) is 1. The third kappa shape index (κ3) is 3.06. The molecule has 2 aliphatic rings. The van der Waals surface area contributed by atoms with Gasteiger partial charge in [-0.3, -0.25) is 0 Å². The van der Waals surface area contributed by atoms with E-state index in [1.165, 1.54) is 31.2 Å². The van der Waals surface area contributed by atoms with Crippen molar-refractivity contribution >= 4 is 5.95 Å². The van der Waals surface area contributed by atoms with Crippen LogP contribution in [0, 0.1) is 13.8 Å². The van der Waals surface area contributed by atoms with E-state index in [0.29, 0.717) is 0 Å². The van der Waals surface area contributed by atoms with E-state index in [-0.39, 0.29) is 0 Å². The minimum absolute atomic E-state index is 0.783. The van der Waals surface area contributed by atoms with Crippen molar-refractivity contribution in [3.8, 4) is 0 Å². The zero-order chi connectivity index (χ0) is 13.2. The van der Waals surface area contributed by atoms with Gasteiger partial charge in [-0.25, -0.2) is 9.97 Å². The molecule has 0 atom stereocenters. The molecule has 1 saturated heterocycles. The van der Waals surface area contributed by atoms with E-state index in [0.717, 1.165) is 49.4 Å². The Morgan fingerprint density at radius 2 is 1.74 bits per heavy atom. The fourth-order valence-electron chi connectivity index (χ4n) is 2.83. The lowest BCUT2D eigenvalue weighted by atomic mass is 10.1. The Morgan fingerprint density at radius 1 is 1.11 bits per heavy atom. The van der Waals surface area contributed by atoms with E-state index < -0.39 is 0 Å². The van der Waals surface area contributed by atoms with Crippen molar-refractivity contribution in [3.05, 3.63) is 17.0 Å². The Morgan fingerprint density at radius 3 is 2.32 bits per heavy atom. The first kappa shape index (κ1) is 12.9. The minimum Gasteiger partial charge on any atom is -0.341 e. The smallest absolute Gasteiger partial charge is 0.225 e. The van der Waals surface area contributed by atoms with Crippen molar-refractivity contribution in [3.63, 3.8) is 0 Å². The first-order valence-electron chi connectivity index (χ1n) is 7.56. The van der Waals surface area contributed by atoms with Crippen LogP contribution in [-0.4, -0.2) is 35.6 Å². The fourth-order valence-corrected chi connectivity index (χ4v) is 2.83. The Labute approximate surface area is 115 Å². The van der Waals surface area contributed by atoms with Crippen molar-refractivity contribution in [2.45, 2.75) is 52.0 Å². The van der Waals surface area contributed by atoms with Crippen LogP contribution in [0.2, 0.25) is 0 Å². The van der Waals surface area contributed by atoms with Crippen LogP contribution >= 0.6 is 0 Å². The van der Waals surface area contributed by atoms with Crippen molar-refractivity contribution in [1.29, 1.82) is 0 Å². The number of aryl methyl sites for hydroxylation is 2. The molecule has 19 heavy (non-hydrogen) atoms. The lowest BCUT2D eigenvalue weighted by Gasteiger charge is -2.18. The molecule has 4 nitrogen and oxygen atoms in total. The van der Waals surface area contributed by atoms with Gasteiger partial charge in [-0.2, -0.15) is 0 Å². The Balaban J connectivity index is 1.69. The lowest BCUT2D eigenvalue weighted by molar-refractivity contribution is 0.675. The van der Waals surface area contributed by atoms with Gasteiger partial charge in [0.2, 0.25) is 5.95 Å². The van der Waals surface area contributed by atoms with Crippen LogP contribution in [0.1, 0.15) is 42.6 Å². The largest absolute Gasteiger partial charge is 0.341 e. The summed E-state index contributed by atoms with van der Waals surface area (Å²) in [7, 11) is 0. The molecule has 0 bridgehead atoms. The first-order valence-corrected chi connectivity index (χ1v) is 7.56. The molecule has 1 aromatic heterocycles. The van der Waals surface area contributed by atoms with Gasteiger partial charge >= 0.3 is 0 Å². The van der Waals surface area contributed by atoms with Gasteiger partial charge in [0.05, 0.1) is 0 Å². The number of nitrogens with zero attached hydrogens (tertiary/aromatic N) is 3. The van der Waals surface area contributed by atoms with Crippen molar-refractivity contribution < 1.29 is 0 Å². The third-order valence-corrected chi connectivity index (χ3v) is 4.18. The fraction of sp³-hybridized carbons (Fsp3) is 0.733. The maximum absolute atomic E-state index is 4.72. The highest BCUT2D eigenvalue weighted by molar-refractivity contribution is 5.37. The van der Waals surface area contributed by atoms with Gasteiger partial charge in [-0.15, -0.1) is 0 Å². The van der Waals surface area contributed by atoms with Crippen LogP contribution < -0.4 is 10.2 Å². The molecule has 1 aliphatic heterocycles. The molecule has 0 spiro atoms. The lowest BCUT2D eigenvalue weighted by Crippen LogP contribution is -2.23. The molecule has 0 unspecified atom stereocenters. The van der Waals surface area contributed by atoms with E-state index in [4.69, 9.17) is 9.97 Å². The van der Waals surface area contributed by atoms with E-state index in [9.17, 15) is 0 Å². The zero-order valence-electron chi connectivity index (χ0n) is 12.1. The summed E-state index contributed by atoms with van der Waals surface area (Å²) >= 11 is 0. The molecule has 0 radical (unpaired) electrons. The second-order valence-electron chi connectivity index (χ2n) is 5.85. The standard InChI is InChI=1S/C15H24N4/c1-11-14(7-8-16-13-5-6-13)12(2)18-15(17-11)19-9-3-4-10-19/h13,16H,3-10H2,1-2H3. The molecular weight excluding hydrogens is 236 g/mol. The van der Waals surface area contributed by atoms with Crippen LogP contribution in [0.5, 0.6) is 0 Å². The van der Waals surface area contributed by atoms with Gasteiger partial charge in [-0.05, 0) is 58.1 Å². The molecule has 4 heteroatoms. The quantitative estimate of drug-likeness (QED) is 0.879. The number of hydrogen-bond donors (Lipinski definition) is 1. The average molecular weight is 260 g/mol. The topological polar surface area (TPSA) is 41.1 Å². The predicted octanol–water partition coefficient (Wildman–Crippen LogP) is 1.99. The van der Waals surface area contributed by atoms with Gasteiger partial charge in [-0.1, -0.05) is 0 Å². The van der Waals surface area contributed by atoms with Crippen LogP contribution in [0.25, 0.3) is 0 Å². The van der Waals surface area contributed by atoms with E-state index in [1.807, 2.05) is 0 Å². The van der Waals surface area contributed by atoms with E-state index in [2.05, 4.69) is 24.1 Å². The van der Waals surface area contributed by atoms with Gasteiger partial charge in [0.25, 0.3) is 0 Å². The molecule has 0 aromatic carbocycles. The molecule has 1 aromatic rings. The molecule has 0 amide bonds. The van der Waals surface area contributed by atoms with Crippen LogP contribution in [0.3, 0.4) is 0 Å². The van der Waals surface area contributed by atoms with Gasteiger partial charge in [0.15, 0.2) is 0 Å². The Kier molecular flexibility index (Phi) is 3.69. The van der Waals surface area contributed by atoms with E-state index in [1.54, 1.807) is 0 Å². The van der Waals surface area contributed by atoms with Crippen molar-refractivity contribution in [1.82, 2.24) is 15.3 Å². The molecule has 104 valence electrons. The number of aromatic nitrogens is 2. The highest BCUT2D eigenvalue weighted by Gasteiger charge is 2.21. The maximum atomic E-state index is 4.72. The Bertz CT molecular complexity index is 424. The zero-order valence-corrected chi connectivity index (χ0v) is 12.1. The van der Waals surface area contributed by atoms with Crippen LogP contribution in [-0.2, 0) is 6.42 Å². The van der Waals surface area contributed by atoms with Gasteiger partial charge in [0, 0.05) is 30.5 Å². The maximum Gasteiger partial charge on any atom is 0.225 e. The highest BCUT2D eigenvalue weighted by Crippen LogP contribution is 2.21. The summed E-state index contributed by atoms with van der Waals surface area (Å²) in [5, 5.41) is 3.56. The summed E-state index contributed by atoms with van der Waals surface area (Å²) < 4.78 is 0. The normalized spacial score (nSPS) is 19.2. The van der Waals surface area contributed by atoms with Crippen molar-refractivity contribution in [2.75, 3.05) is 24.5 Å². The number of rotatable bonds is 5.